The number of aryl methyl sites for hydroxylation is 1. The van der Waals surface area contributed by atoms with Gasteiger partial charge in [0.15, 0.2) is 0 Å². The lowest BCUT2D eigenvalue weighted by Gasteiger charge is -2.22. The Labute approximate surface area is 187 Å². The van der Waals surface area contributed by atoms with Gasteiger partial charge in [-0.15, -0.1) is 11.8 Å². The van der Waals surface area contributed by atoms with E-state index < -0.39 is 10.0 Å². The fourth-order valence-electron chi connectivity index (χ4n) is 3.36. The first-order chi connectivity index (χ1) is 14.6. The number of carbonyl (C=O) groups is 2. The number of thioether (sulfide) groups is 1. The summed E-state index contributed by atoms with van der Waals surface area (Å²) in [5.41, 5.74) is 2.99. The van der Waals surface area contributed by atoms with Crippen molar-refractivity contribution in [2.24, 2.45) is 0 Å². The molecule has 1 atom stereocenters. The van der Waals surface area contributed by atoms with E-state index in [1.807, 2.05) is 26.8 Å². The highest BCUT2D eigenvalue weighted by Crippen LogP contribution is 2.36. The first-order valence-electron chi connectivity index (χ1n) is 10.1. The number of nitrogens with one attached hydrogen (secondary N) is 2. The second kappa shape index (κ2) is 9.02. The number of amides is 2. The Balaban J connectivity index is 1.93. The van der Waals surface area contributed by atoms with Crippen LogP contribution in [-0.2, 0) is 14.8 Å². The normalized spacial score (nSPS) is 16.1. The minimum absolute atomic E-state index is 0.101. The number of anilines is 2. The molecule has 0 aliphatic carbocycles. The molecule has 0 bridgehead atoms. The zero-order valence-corrected chi connectivity index (χ0v) is 19.9. The summed E-state index contributed by atoms with van der Waals surface area (Å²) in [5.74, 6) is -0.476. The lowest BCUT2D eigenvalue weighted by Crippen LogP contribution is -2.30. The molecule has 7 nitrogen and oxygen atoms in total. The van der Waals surface area contributed by atoms with Crippen LogP contribution in [0.15, 0.2) is 40.1 Å². The third-order valence-electron chi connectivity index (χ3n) is 5.40. The van der Waals surface area contributed by atoms with Gasteiger partial charge in [-0.1, -0.05) is 13.8 Å². The van der Waals surface area contributed by atoms with Gasteiger partial charge in [0.2, 0.25) is 15.9 Å². The van der Waals surface area contributed by atoms with Crippen LogP contribution in [0.5, 0.6) is 0 Å². The highest BCUT2D eigenvalue weighted by Gasteiger charge is 2.25. The highest BCUT2D eigenvalue weighted by molar-refractivity contribution is 8.01. The van der Waals surface area contributed by atoms with E-state index in [0.29, 0.717) is 30.0 Å². The van der Waals surface area contributed by atoms with Gasteiger partial charge in [-0.2, -0.15) is 4.31 Å². The van der Waals surface area contributed by atoms with E-state index in [4.69, 9.17) is 0 Å². The zero-order valence-electron chi connectivity index (χ0n) is 18.3. The molecule has 2 amide bonds. The van der Waals surface area contributed by atoms with Crippen LogP contribution in [0, 0.1) is 13.8 Å². The summed E-state index contributed by atoms with van der Waals surface area (Å²) in [6.45, 7) is 9.80. The van der Waals surface area contributed by atoms with Crippen molar-refractivity contribution in [1.29, 1.82) is 0 Å². The maximum Gasteiger partial charge on any atom is 0.255 e. The Morgan fingerprint density at radius 1 is 1.16 bits per heavy atom. The fraction of sp³-hybridized carbons (Fsp3) is 0.364. The van der Waals surface area contributed by atoms with Crippen LogP contribution in [-0.4, -0.2) is 42.9 Å². The van der Waals surface area contributed by atoms with Gasteiger partial charge < -0.3 is 10.6 Å². The SMILES string of the molecule is CCN(CC)S(=O)(=O)c1cc(C)c(C)c(NC(=O)c2ccc3c(c2)NC(=O)[C@H](C)S3)c1. The highest BCUT2D eigenvalue weighted by atomic mass is 32.2. The topological polar surface area (TPSA) is 95.6 Å². The molecule has 2 aromatic carbocycles. The molecule has 3 rings (SSSR count). The Hall–Kier alpha value is -2.36. The average molecular weight is 462 g/mol. The second-order valence-corrected chi connectivity index (χ2v) is 10.7. The third kappa shape index (κ3) is 4.63. The van der Waals surface area contributed by atoms with Crippen molar-refractivity contribution >= 4 is 45.0 Å². The molecule has 1 aliphatic rings. The largest absolute Gasteiger partial charge is 0.324 e. The Morgan fingerprint density at radius 2 is 1.84 bits per heavy atom. The number of benzene rings is 2. The summed E-state index contributed by atoms with van der Waals surface area (Å²) in [6.07, 6.45) is 0. The molecular formula is C22H27N3O4S2. The molecule has 0 saturated carbocycles. The monoisotopic (exact) mass is 461 g/mol. The van der Waals surface area contributed by atoms with Crippen LogP contribution in [0.4, 0.5) is 11.4 Å². The van der Waals surface area contributed by atoms with Crippen molar-refractivity contribution in [3.63, 3.8) is 0 Å². The standard InChI is InChI=1S/C22H27N3O4S2/c1-6-25(7-2)31(28,29)17-10-13(3)14(4)18(12-17)23-22(27)16-8-9-20-19(11-16)24-21(26)15(5)30-20/h8-12,15H,6-7H2,1-5H3,(H,23,27)(H,24,26)/t15-/m0/s1. The van der Waals surface area contributed by atoms with E-state index in [1.54, 1.807) is 32.0 Å². The summed E-state index contributed by atoms with van der Waals surface area (Å²) in [4.78, 5) is 25.9. The fourth-order valence-corrected chi connectivity index (χ4v) is 5.86. The molecule has 1 aliphatic heterocycles. The number of rotatable bonds is 6. The number of nitrogens with zero attached hydrogens (tertiary/aromatic N) is 1. The van der Waals surface area contributed by atoms with Crippen LogP contribution in [0.3, 0.4) is 0 Å². The van der Waals surface area contributed by atoms with Gasteiger partial charge in [0.25, 0.3) is 5.91 Å². The van der Waals surface area contributed by atoms with Crippen molar-refractivity contribution in [1.82, 2.24) is 4.31 Å². The molecule has 2 N–H and O–H groups in total. The number of sulfonamides is 1. The molecule has 166 valence electrons. The van der Waals surface area contributed by atoms with Gasteiger partial charge in [0.1, 0.15) is 0 Å². The van der Waals surface area contributed by atoms with Crippen LogP contribution in [0.25, 0.3) is 0 Å². The maximum atomic E-state index is 13.0. The minimum Gasteiger partial charge on any atom is -0.324 e. The number of hydrogen-bond donors (Lipinski definition) is 2. The maximum absolute atomic E-state index is 13.0. The van der Waals surface area contributed by atoms with Crippen molar-refractivity contribution in [2.45, 2.75) is 49.7 Å². The molecule has 9 heteroatoms. The molecule has 31 heavy (non-hydrogen) atoms. The van der Waals surface area contributed by atoms with Crippen LogP contribution < -0.4 is 10.6 Å². The van der Waals surface area contributed by atoms with Gasteiger partial charge in [0, 0.05) is 29.2 Å². The summed E-state index contributed by atoms with van der Waals surface area (Å²) in [6, 6.07) is 8.28. The van der Waals surface area contributed by atoms with E-state index in [2.05, 4.69) is 10.6 Å². The molecule has 0 fully saturated rings. The number of hydrogen-bond acceptors (Lipinski definition) is 5. The van der Waals surface area contributed by atoms with Crippen molar-refractivity contribution in [3.05, 3.63) is 47.0 Å². The molecule has 1 heterocycles. The van der Waals surface area contributed by atoms with E-state index in [-0.39, 0.29) is 22.0 Å². The van der Waals surface area contributed by atoms with Gasteiger partial charge in [-0.25, -0.2) is 8.42 Å². The van der Waals surface area contributed by atoms with Gasteiger partial charge in [-0.05, 0) is 62.2 Å². The molecule has 0 radical (unpaired) electrons. The molecular weight excluding hydrogens is 434 g/mol. The van der Waals surface area contributed by atoms with E-state index >= 15 is 0 Å². The van der Waals surface area contributed by atoms with Crippen LogP contribution in [0.2, 0.25) is 0 Å². The second-order valence-electron chi connectivity index (χ2n) is 7.42. The smallest absolute Gasteiger partial charge is 0.255 e. The lowest BCUT2D eigenvalue weighted by atomic mass is 10.1. The molecule has 0 aromatic heterocycles. The molecule has 2 aromatic rings. The summed E-state index contributed by atoms with van der Waals surface area (Å²) < 4.78 is 27.3. The van der Waals surface area contributed by atoms with Crippen LogP contribution in [0.1, 0.15) is 42.3 Å². The summed E-state index contributed by atoms with van der Waals surface area (Å²) in [5, 5.41) is 5.47. The first-order valence-corrected chi connectivity index (χ1v) is 12.4. The molecule has 0 saturated heterocycles. The van der Waals surface area contributed by atoms with E-state index in [9.17, 15) is 18.0 Å². The van der Waals surface area contributed by atoms with Gasteiger partial charge >= 0.3 is 0 Å². The third-order valence-corrected chi connectivity index (χ3v) is 8.61. The van der Waals surface area contributed by atoms with Gasteiger partial charge in [0.05, 0.1) is 15.8 Å². The Kier molecular flexibility index (Phi) is 6.78. The number of carbonyl (C=O) groups excluding carboxylic acids is 2. The van der Waals surface area contributed by atoms with E-state index in [1.165, 1.54) is 22.1 Å². The predicted molar refractivity (Wildman–Crippen MR) is 124 cm³/mol. The zero-order chi connectivity index (χ0) is 22.9. The van der Waals surface area contributed by atoms with Crippen LogP contribution >= 0.6 is 11.8 Å². The molecule has 0 spiro atoms. The summed E-state index contributed by atoms with van der Waals surface area (Å²) in [7, 11) is -3.66. The minimum atomic E-state index is -3.66. The van der Waals surface area contributed by atoms with Crippen molar-refractivity contribution < 1.29 is 18.0 Å². The molecule has 0 unspecified atom stereocenters. The van der Waals surface area contributed by atoms with E-state index in [0.717, 1.165) is 16.0 Å². The number of fused-ring (bicyclic) bond motifs is 1. The first kappa shape index (κ1) is 23.3. The van der Waals surface area contributed by atoms with Gasteiger partial charge in [-0.3, -0.25) is 9.59 Å². The van der Waals surface area contributed by atoms with Crippen molar-refractivity contribution in [3.8, 4) is 0 Å². The Bertz CT molecular complexity index is 1140. The summed E-state index contributed by atoms with van der Waals surface area (Å²) >= 11 is 1.45. The average Bonchev–Trinajstić information content (AvgIpc) is 2.72. The Morgan fingerprint density at radius 3 is 2.48 bits per heavy atom. The quantitative estimate of drug-likeness (QED) is 0.677. The lowest BCUT2D eigenvalue weighted by molar-refractivity contribution is -0.115. The predicted octanol–water partition coefficient (Wildman–Crippen LogP) is 4.02. The van der Waals surface area contributed by atoms with Crippen molar-refractivity contribution in [2.75, 3.05) is 23.7 Å².